The van der Waals surface area contributed by atoms with Gasteiger partial charge in [-0.2, -0.15) is 0 Å². The summed E-state index contributed by atoms with van der Waals surface area (Å²) in [6.45, 7) is 0. The Morgan fingerprint density at radius 2 is 1.05 bits per heavy atom. The third-order valence-corrected chi connectivity index (χ3v) is 12.9. The molecular formula is C51H33N3S2. The van der Waals surface area contributed by atoms with E-state index in [2.05, 4.69) is 204 Å². The molecule has 0 unspecified atom stereocenters. The molecule has 56 heavy (non-hydrogen) atoms. The Balaban J connectivity index is 1.00. The average molecular weight is 752 g/mol. The lowest BCUT2D eigenvalue weighted by Crippen LogP contribution is -2.09. The van der Waals surface area contributed by atoms with Crippen molar-refractivity contribution in [3.63, 3.8) is 0 Å². The molecule has 0 radical (unpaired) electrons. The highest BCUT2D eigenvalue weighted by atomic mass is 32.1. The van der Waals surface area contributed by atoms with E-state index >= 15 is 0 Å². The Morgan fingerprint density at radius 3 is 1.79 bits per heavy atom. The number of nitrogens with zero attached hydrogens (tertiary/aromatic N) is 3. The highest BCUT2D eigenvalue weighted by Gasteiger charge is 2.18. The SMILES string of the molecule is c1ccc(-n2c3ccccc3c3c(-c4ccc(N(c5ccc(-c6cc7ccccc7s6)cc5)c5ccc(-c6nc7ccccc7s6)cc5)cc4)cccc32)cc1. The van der Waals surface area contributed by atoms with E-state index in [0.29, 0.717) is 0 Å². The molecule has 3 heterocycles. The number of benzene rings is 8. The van der Waals surface area contributed by atoms with E-state index in [-0.39, 0.29) is 0 Å². The maximum Gasteiger partial charge on any atom is 0.124 e. The number of aromatic nitrogens is 2. The number of fused-ring (bicyclic) bond motifs is 5. The lowest BCUT2D eigenvalue weighted by Gasteiger charge is -2.26. The van der Waals surface area contributed by atoms with Crippen LogP contribution in [0.5, 0.6) is 0 Å². The molecule has 0 N–H and O–H groups in total. The van der Waals surface area contributed by atoms with Crippen LogP contribution >= 0.6 is 22.7 Å². The normalized spacial score (nSPS) is 11.6. The molecular weight excluding hydrogens is 719 g/mol. The molecule has 0 aliphatic rings. The molecule has 0 aliphatic carbocycles. The number of hydrogen-bond acceptors (Lipinski definition) is 4. The number of thiazole rings is 1. The average Bonchev–Trinajstić information content (AvgIpc) is 3.99. The molecule has 0 spiro atoms. The smallest absolute Gasteiger partial charge is 0.124 e. The van der Waals surface area contributed by atoms with Gasteiger partial charge in [0.15, 0.2) is 0 Å². The summed E-state index contributed by atoms with van der Waals surface area (Å²) in [6, 6.07) is 72.2. The van der Waals surface area contributed by atoms with Crippen molar-refractivity contribution in [3.8, 4) is 37.8 Å². The summed E-state index contributed by atoms with van der Waals surface area (Å²) >= 11 is 3.57. The van der Waals surface area contributed by atoms with E-state index in [1.54, 1.807) is 11.3 Å². The van der Waals surface area contributed by atoms with Crippen LogP contribution in [-0.2, 0) is 0 Å². The number of para-hydroxylation sites is 3. The molecule has 8 aromatic carbocycles. The maximum absolute atomic E-state index is 4.93. The van der Waals surface area contributed by atoms with E-state index < -0.39 is 0 Å². The third-order valence-electron chi connectivity index (χ3n) is 10.7. The second-order valence-corrected chi connectivity index (χ2v) is 16.1. The first-order chi connectivity index (χ1) is 27.7. The van der Waals surface area contributed by atoms with Gasteiger partial charge in [0, 0.05) is 48.7 Å². The van der Waals surface area contributed by atoms with Crippen LogP contribution in [0.2, 0.25) is 0 Å². The lowest BCUT2D eigenvalue weighted by molar-refractivity contribution is 1.18. The Hall–Kier alpha value is -6.79. The predicted octanol–water partition coefficient (Wildman–Crippen LogP) is 15.1. The first-order valence-corrected chi connectivity index (χ1v) is 20.4. The van der Waals surface area contributed by atoms with Gasteiger partial charge in [-0.15, -0.1) is 22.7 Å². The minimum absolute atomic E-state index is 1.03. The molecule has 0 atom stereocenters. The summed E-state index contributed by atoms with van der Waals surface area (Å²) in [7, 11) is 0. The van der Waals surface area contributed by atoms with E-state index in [1.165, 1.54) is 58.2 Å². The number of rotatable bonds is 7. The Kier molecular flexibility index (Phi) is 7.87. The van der Waals surface area contributed by atoms with Gasteiger partial charge in [-0.1, -0.05) is 103 Å². The fourth-order valence-electron chi connectivity index (χ4n) is 8.00. The molecule has 0 fully saturated rings. The maximum atomic E-state index is 4.93. The lowest BCUT2D eigenvalue weighted by atomic mass is 9.99. The van der Waals surface area contributed by atoms with Crippen LogP contribution in [0.15, 0.2) is 200 Å². The number of anilines is 3. The minimum Gasteiger partial charge on any atom is -0.311 e. The molecule has 0 saturated carbocycles. The molecule has 0 amide bonds. The van der Waals surface area contributed by atoms with Crippen LogP contribution in [-0.4, -0.2) is 9.55 Å². The van der Waals surface area contributed by atoms with Crippen LogP contribution in [0.3, 0.4) is 0 Å². The zero-order chi connectivity index (χ0) is 37.0. The van der Waals surface area contributed by atoms with Crippen LogP contribution in [0.4, 0.5) is 17.1 Å². The molecule has 0 saturated heterocycles. The van der Waals surface area contributed by atoms with Crippen LogP contribution < -0.4 is 4.90 Å². The standard InChI is InChI=1S/C51H33N3S2/c1-2-12-38(13-3-1)54-45-17-7-5-14-43(45)50-42(15-10-18-46(50)54)34-21-27-39(28-22-34)53(40-29-23-35(24-30-40)49-33-37-11-4-8-19-47(37)55-49)41-31-25-36(26-32-41)51-52-44-16-6-9-20-48(44)56-51/h1-33H. The molecule has 5 heteroatoms. The van der Waals surface area contributed by atoms with E-state index in [9.17, 15) is 0 Å². The monoisotopic (exact) mass is 751 g/mol. The highest BCUT2D eigenvalue weighted by molar-refractivity contribution is 7.22. The first kappa shape index (κ1) is 32.6. The minimum atomic E-state index is 1.03. The molecule has 11 rings (SSSR count). The summed E-state index contributed by atoms with van der Waals surface area (Å²) in [6.07, 6.45) is 0. The summed E-state index contributed by atoms with van der Waals surface area (Å²) in [5.74, 6) is 0. The van der Waals surface area contributed by atoms with Crippen LogP contribution in [0, 0.1) is 0 Å². The molecule has 0 aliphatic heterocycles. The quantitative estimate of drug-likeness (QED) is 0.162. The second kappa shape index (κ2) is 13.5. The second-order valence-electron chi connectivity index (χ2n) is 14.0. The number of hydrogen-bond donors (Lipinski definition) is 0. The predicted molar refractivity (Wildman–Crippen MR) is 240 cm³/mol. The van der Waals surface area contributed by atoms with Gasteiger partial charge in [-0.25, -0.2) is 4.98 Å². The van der Waals surface area contributed by atoms with Gasteiger partial charge in [0.1, 0.15) is 5.01 Å². The fourth-order valence-corrected chi connectivity index (χ4v) is 10.0. The number of thiophene rings is 1. The molecule has 0 bridgehead atoms. The van der Waals surface area contributed by atoms with Crippen molar-refractivity contribution in [3.05, 3.63) is 200 Å². The molecule has 11 aromatic rings. The van der Waals surface area contributed by atoms with Gasteiger partial charge in [-0.3, -0.25) is 0 Å². The van der Waals surface area contributed by atoms with Crippen molar-refractivity contribution >= 4 is 81.8 Å². The van der Waals surface area contributed by atoms with Crippen molar-refractivity contribution in [2.45, 2.75) is 0 Å². The molecule has 264 valence electrons. The van der Waals surface area contributed by atoms with Gasteiger partial charge < -0.3 is 9.47 Å². The van der Waals surface area contributed by atoms with Crippen LogP contribution in [0.25, 0.3) is 79.9 Å². The Bertz CT molecular complexity index is 2990. The molecule has 3 nitrogen and oxygen atoms in total. The van der Waals surface area contributed by atoms with E-state index in [0.717, 1.165) is 38.8 Å². The van der Waals surface area contributed by atoms with Crippen molar-refractivity contribution in [1.82, 2.24) is 9.55 Å². The summed E-state index contributed by atoms with van der Waals surface area (Å²) < 4.78 is 4.89. The zero-order valence-corrected chi connectivity index (χ0v) is 31.8. The first-order valence-electron chi connectivity index (χ1n) is 18.8. The van der Waals surface area contributed by atoms with E-state index in [1.807, 2.05) is 17.4 Å². The topological polar surface area (TPSA) is 21.1 Å². The van der Waals surface area contributed by atoms with Gasteiger partial charge in [0.25, 0.3) is 0 Å². The Labute approximate surface area is 332 Å². The third kappa shape index (κ3) is 5.60. The largest absolute Gasteiger partial charge is 0.311 e. The summed E-state index contributed by atoms with van der Waals surface area (Å²) in [5.41, 5.74) is 12.6. The highest BCUT2D eigenvalue weighted by Crippen LogP contribution is 2.42. The van der Waals surface area contributed by atoms with Crippen molar-refractivity contribution in [2.24, 2.45) is 0 Å². The Morgan fingerprint density at radius 1 is 0.446 bits per heavy atom. The van der Waals surface area contributed by atoms with E-state index in [4.69, 9.17) is 4.98 Å². The fraction of sp³-hybridized carbons (Fsp3) is 0. The van der Waals surface area contributed by atoms with Gasteiger partial charge in [-0.05, 0) is 119 Å². The van der Waals surface area contributed by atoms with Gasteiger partial charge >= 0.3 is 0 Å². The summed E-state index contributed by atoms with van der Waals surface area (Å²) in [4.78, 5) is 8.55. The van der Waals surface area contributed by atoms with Crippen LogP contribution in [0.1, 0.15) is 0 Å². The molecule has 3 aromatic heterocycles. The van der Waals surface area contributed by atoms with Crippen molar-refractivity contribution in [1.29, 1.82) is 0 Å². The van der Waals surface area contributed by atoms with Gasteiger partial charge in [0.05, 0.1) is 21.3 Å². The summed E-state index contributed by atoms with van der Waals surface area (Å²) in [5, 5.41) is 4.83. The zero-order valence-electron chi connectivity index (χ0n) is 30.2. The van der Waals surface area contributed by atoms with Crippen molar-refractivity contribution < 1.29 is 0 Å². The van der Waals surface area contributed by atoms with Crippen molar-refractivity contribution in [2.75, 3.05) is 4.90 Å². The van der Waals surface area contributed by atoms with Gasteiger partial charge in [0.2, 0.25) is 0 Å².